The lowest BCUT2D eigenvalue weighted by Crippen LogP contribution is -2.57. The predicted octanol–water partition coefficient (Wildman–Crippen LogP) is 2.98. The van der Waals surface area contributed by atoms with Crippen molar-refractivity contribution in [2.45, 2.75) is 63.8 Å². The summed E-state index contributed by atoms with van der Waals surface area (Å²) in [7, 11) is 0. The summed E-state index contributed by atoms with van der Waals surface area (Å²) in [4.78, 5) is 0. The molecule has 2 aliphatic rings. The molecule has 1 fully saturated rings. The van der Waals surface area contributed by atoms with Crippen LogP contribution in [-0.4, -0.2) is 18.6 Å². The maximum Gasteiger partial charge on any atom is 0.0329 e. The lowest BCUT2D eigenvalue weighted by atomic mass is 9.73. The number of nitrogens with two attached hydrogens (primary N) is 1. The summed E-state index contributed by atoms with van der Waals surface area (Å²) < 4.78 is 0. The van der Waals surface area contributed by atoms with Gasteiger partial charge in [-0.3, -0.25) is 0 Å². The van der Waals surface area contributed by atoms with Gasteiger partial charge in [-0.1, -0.05) is 31.4 Å². The van der Waals surface area contributed by atoms with E-state index in [-0.39, 0.29) is 5.54 Å². The van der Waals surface area contributed by atoms with Crippen LogP contribution in [0.2, 0.25) is 0 Å². The van der Waals surface area contributed by atoms with Crippen LogP contribution in [0.25, 0.3) is 0 Å². The third kappa shape index (κ3) is 3.11. The van der Waals surface area contributed by atoms with E-state index in [0.29, 0.717) is 0 Å². The standard InChI is InChI=1S/C15H28N2/c1-13-6-4-5-10-15(13,12-16)17-11-9-14-7-2-3-8-14/h7,13,17H,2-6,8-12,16H2,1H3. The van der Waals surface area contributed by atoms with Crippen molar-refractivity contribution in [3.8, 4) is 0 Å². The molecule has 0 amide bonds. The van der Waals surface area contributed by atoms with Crippen LogP contribution in [-0.2, 0) is 0 Å². The third-order valence-corrected chi connectivity index (χ3v) is 4.88. The minimum atomic E-state index is 0.234. The van der Waals surface area contributed by atoms with Crippen molar-refractivity contribution in [2.75, 3.05) is 13.1 Å². The van der Waals surface area contributed by atoms with Gasteiger partial charge in [-0.2, -0.15) is 0 Å². The predicted molar refractivity (Wildman–Crippen MR) is 74.0 cm³/mol. The van der Waals surface area contributed by atoms with Crippen LogP contribution in [0.3, 0.4) is 0 Å². The molecule has 0 aliphatic heterocycles. The summed E-state index contributed by atoms with van der Waals surface area (Å²) >= 11 is 0. The van der Waals surface area contributed by atoms with Gasteiger partial charge in [0.05, 0.1) is 0 Å². The van der Waals surface area contributed by atoms with E-state index in [0.717, 1.165) is 19.0 Å². The molecular weight excluding hydrogens is 208 g/mol. The largest absolute Gasteiger partial charge is 0.329 e. The molecule has 2 aliphatic carbocycles. The second-order valence-electron chi connectivity index (χ2n) is 5.94. The molecule has 2 rings (SSSR count). The summed E-state index contributed by atoms with van der Waals surface area (Å²) in [5.74, 6) is 0.735. The molecular formula is C15H28N2. The molecule has 2 unspecified atom stereocenters. The van der Waals surface area contributed by atoms with Crippen LogP contribution in [0.1, 0.15) is 58.3 Å². The Hall–Kier alpha value is -0.340. The van der Waals surface area contributed by atoms with Crippen molar-refractivity contribution in [1.82, 2.24) is 5.32 Å². The third-order valence-electron chi connectivity index (χ3n) is 4.88. The summed E-state index contributed by atoms with van der Waals surface area (Å²) in [6.07, 6.45) is 13.0. The molecule has 0 heterocycles. The number of hydrogen-bond donors (Lipinski definition) is 2. The highest BCUT2D eigenvalue weighted by atomic mass is 15.0. The lowest BCUT2D eigenvalue weighted by molar-refractivity contribution is 0.162. The van der Waals surface area contributed by atoms with Gasteiger partial charge in [0.1, 0.15) is 0 Å². The van der Waals surface area contributed by atoms with E-state index in [1.807, 2.05) is 0 Å². The minimum absolute atomic E-state index is 0.234. The zero-order valence-corrected chi connectivity index (χ0v) is 11.3. The first-order chi connectivity index (χ1) is 8.27. The molecule has 17 heavy (non-hydrogen) atoms. The number of rotatable bonds is 5. The topological polar surface area (TPSA) is 38.0 Å². The van der Waals surface area contributed by atoms with Gasteiger partial charge < -0.3 is 11.1 Å². The van der Waals surface area contributed by atoms with Crippen LogP contribution < -0.4 is 11.1 Å². The Labute approximate surface area is 106 Å². The Morgan fingerprint density at radius 3 is 2.94 bits per heavy atom. The van der Waals surface area contributed by atoms with Crippen LogP contribution in [0, 0.1) is 5.92 Å². The number of hydrogen-bond acceptors (Lipinski definition) is 2. The van der Waals surface area contributed by atoms with Crippen LogP contribution in [0.15, 0.2) is 11.6 Å². The first-order valence-electron chi connectivity index (χ1n) is 7.40. The molecule has 0 bridgehead atoms. The Kier molecular flexibility index (Phi) is 4.63. The van der Waals surface area contributed by atoms with E-state index < -0.39 is 0 Å². The summed E-state index contributed by atoms with van der Waals surface area (Å²) in [6, 6.07) is 0. The zero-order valence-electron chi connectivity index (χ0n) is 11.3. The molecule has 0 spiro atoms. The Morgan fingerprint density at radius 2 is 2.29 bits per heavy atom. The molecule has 0 aromatic rings. The van der Waals surface area contributed by atoms with Gasteiger partial charge in [0.15, 0.2) is 0 Å². The van der Waals surface area contributed by atoms with E-state index in [1.54, 1.807) is 5.57 Å². The second kappa shape index (κ2) is 6.01. The smallest absolute Gasteiger partial charge is 0.0329 e. The molecule has 2 atom stereocenters. The highest BCUT2D eigenvalue weighted by molar-refractivity contribution is 5.08. The molecule has 0 saturated heterocycles. The fourth-order valence-electron chi connectivity index (χ4n) is 3.49. The van der Waals surface area contributed by atoms with Crippen molar-refractivity contribution in [2.24, 2.45) is 11.7 Å². The molecule has 1 saturated carbocycles. The van der Waals surface area contributed by atoms with Crippen LogP contribution in [0.5, 0.6) is 0 Å². The van der Waals surface area contributed by atoms with Gasteiger partial charge in [0.25, 0.3) is 0 Å². The molecule has 0 aromatic heterocycles. The molecule has 3 N–H and O–H groups in total. The van der Waals surface area contributed by atoms with Crippen molar-refractivity contribution in [1.29, 1.82) is 0 Å². The SMILES string of the molecule is CC1CCCCC1(CN)NCCC1=CCCC1. The van der Waals surface area contributed by atoms with Gasteiger partial charge in [0.2, 0.25) is 0 Å². The molecule has 0 aromatic carbocycles. The summed E-state index contributed by atoms with van der Waals surface area (Å²) in [5, 5.41) is 3.80. The second-order valence-corrected chi connectivity index (χ2v) is 5.94. The molecule has 2 nitrogen and oxygen atoms in total. The lowest BCUT2D eigenvalue weighted by Gasteiger charge is -2.43. The van der Waals surface area contributed by atoms with Gasteiger partial charge in [-0.05, 0) is 51.0 Å². The molecule has 98 valence electrons. The van der Waals surface area contributed by atoms with Crippen LogP contribution >= 0.6 is 0 Å². The Bertz CT molecular complexity index is 272. The highest BCUT2D eigenvalue weighted by Crippen LogP contribution is 2.33. The first-order valence-corrected chi connectivity index (χ1v) is 7.40. The normalized spacial score (nSPS) is 33.8. The van der Waals surface area contributed by atoms with Crippen molar-refractivity contribution in [3.05, 3.63) is 11.6 Å². The molecule has 0 radical (unpaired) electrons. The van der Waals surface area contributed by atoms with Gasteiger partial charge in [-0.15, -0.1) is 0 Å². The van der Waals surface area contributed by atoms with Gasteiger partial charge in [0, 0.05) is 12.1 Å². The maximum absolute atomic E-state index is 6.05. The fourth-order valence-corrected chi connectivity index (χ4v) is 3.49. The first kappa shape index (κ1) is 13.1. The van der Waals surface area contributed by atoms with E-state index in [9.17, 15) is 0 Å². The van der Waals surface area contributed by atoms with E-state index in [2.05, 4.69) is 18.3 Å². The number of allylic oxidation sites excluding steroid dienone is 1. The van der Waals surface area contributed by atoms with Crippen molar-refractivity contribution in [3.63, 3.8) is 0 Å². The fraction of sp³-hybridized carbons (Fsp3) is 0.867. The average Bonchev–Trinajstić information content (AvgIpc) is 2.85. The molecule has 2 heteroatoms. The van der Waals surface area contributed by atoms with Crippen LogP contribution in [0.4, 0.5) is 0 Å². The Balaban J connectivity index is 1.81. The average molecular weight is 236 g/mol. The number of nitrogens with one attached hydrogen (secondary N) is 1. The maximum atomic E-state index is 6.05. The zero-order chi connectivity index (χ0) is 12.1. The quantitative estimate of drug-likeness (QED) is 0.720. The monoisotopic (exact) mass is 236 g/mol. The van der Waals surface area contributed by atoms with Gasteiger partial charge in [-0.25, -0.2) is 0 Å². The van der Waals surface area contributed by atoms with Gasteiger partial charge >= 0.3 is 0 Å². The van der Waals surface area contributed by atoms with Crippen molar-refractivity contribution < 1.29 is 0 Å². The van der Waals surface area contributed by atoms with Crippen molar-refractivity contribution >= 4 is 0 Å². The Morgan fingerprint density at radius 1 is 1.41 bits per heavy atom. The summed E-state index contributed by atoms with van der Waals surface area (Å²) in [5.41, 5.74) is 7.94. The van der Waals surface area contributed by atoms with E-state index in [4.69, 9.17) is 5.73 Å². The van der Waals surface area contributed by atoms with E-state index >= 15 is 0 Å². The summed E-state index contributed by atoms with van der Waals surface area (Å²) in [6.45, 7) is 4.29. The minimum Gasteiger partial charge on any atom is -0.329 e. The van der Waals surface area contributed by atoms with E-state index in [1.165, 1.54) is 51.4 Å². The highest BCUT2D eigenvalue weighted by Gasteiger charge is 2.36.